The lowest BCUT2D eigenvalue weighted by Gasteiger charge is -2.09. The molecular weight excluding hydrogens is 390 g/mol. The number of urea groups is 1. The number of rotatable bonds is 7. The second kappa shape index (κ2) is 9.41. The summed E-state index contributed by atoms with van der Waals surface area (Å²) in [5.41, 5.74) is 0.748. The van der Waals surface area contributed by atoms with Crippen molar-refractivity contribution >= 4 is 34.8 Å². The highest BCUT2D eigenvalue weighted by atomic mass is 16.5. The zero-order chi connectivity index (χ0) is 21.5. The largest absolute Gasteiger partial charge is 0.481 e. The van der Waals surface area contributed by atoms with E-state index in [1.165, 1.54) is 10.8 Å². The number of hydrogen-bond acceptors (Lipinski definition) is 5. The van der Waals surface area contributed by atoms with Crippen LogP contribution in [0.15, 0.2) is 48.8 Å². The van der Waals surface area contributed by atoms with Gasteiger partial charge >= 0.3 is 18.0 Å². The number of carboxylic acid groups (broad SMARTS) is 1. The Kier molecular flexibility index (Phi) is 6.48. The molecule has 2 aromatic heterocycles. The van der Waals surface area contributed by atoms with Crippen LogP contribution in [0.25, 0.3) is 10.9 Å². The number of anilines is 1. The van der Waals surface area contributed by atoms with Gasteiger partial charge in [0.25, 0.3) is 0 Å². The Morgan fingerprint density at radius 1 is 1.13 bits per heavy atom. The average molecular weight is 411 g/mol. The van der Waals surface area contributed by atoms with E-state index in [9.17, 15) is 14.4 Å². The number of amides is 3. The number of ether oxygens (including phenoxy) is 1. The fourth-order valence-electron chi connectivity index (χ4n) is 2.76. The minimum atomic E-state index is -0.910. The first kappa shape index (κ1) is 20.6. The SMILES string of the molecule is CNC(=O)n1ccc2cc(Oc3ccnc(NC(=O)NCCCC(=O)O)c3)ccc21. The van der Waals surface area contributed by atoms with Crippen LogP contribution in [-0.4, -0.2) is 46.3 Å². The summed E-state index contributed by atoms with van der Waals surface area (Å²) in [6.07, 6.45) is 3.49. The van der Waals surface area contributed by atoms with E-state index in [2.05, 4.69) is 20.9 Å². The number of nitrogens with one attached hydrogen (secondary N) is 3. The van der Waals surface area contributed by atoms with Crippen molar-refractivity contribution in [2.24, 2.45) is 0 Å². The first-order chi connectivity index (χ1) is 14.5. The highest BCUT2D eigenvalue weighted by Gasteiger charge is 2.09. The molecule has 0 bridgehead atoms. The number of pyridine rings is 1. The minimum Gasteiger partial charge on any atom is -0.481 e. The monoisotopic (exact) mass is 411 g/mol. The van der Waals surface area contributed by atoms with Crippen molar-refractivity contribution in [2.45, 2.75) is 12.8 Å². The number of hydrogen-bond donors (Lipinski definition) is 4. The summed E-state index contributed by atoms with van der Waals surface area (Å²) in [5, 5.41) is 17.1. The predicted octanol–water partition coefficient (Wildman–Crippen LogP) is 3.00. The molecule has 0 aliphatic carbocycles. The third-order valence-corrected chi connectivity index (χ3v) is 4.16. The number of carboxylic acids is 1. The molecule has 3 amide bonds. The van der Waals surface area contributed by atoms with E-state index < -0.39 is 12.0 Å². The Hall–Kier alpha value is -4.08. The lowest BCUT2D eigenvalue weighted by atomic mass is 10.2. The number of aromatic nitrogens is 2. The topological polar surface area (TPSA) is 135 Å². The van der Waals surface area contributed by atoms with Crippen molar-refractivity contribution in [3.05, 3.63) is 48.8 Å². The van der Waals surface area contributed by atoms with Gasteiger partial charge in [-0.05, 0) is 36.8 Å². The second-order valence-electron chi connectivity index (χ2n) is 6.32. The molecule has 2 heterocycles. The number of carbonyl (C=O) groups excluding carboxylic acids is 2. The number of nitrogens with zero attached hydrogens (tertiary/aromatic N) is 2. The zero-order valence-corrected chi connectivity index (χ0v) is 16.2. The zero-order valence-electron chi connectivity index (χ0n) is 16.2. The van der Waals surface area contributed by atoms with E-state index in [-0.39, 0.29) is 24.8 Å². The summed E-state index contributed by atoms with van der Waals surface area (Å²) >= 11 is 0. The first-order valence-corrected chi connectivity index (χ1v) is 9.20. The van der Waals surface area contributed by atoms with Gasteiger partial charge < -0.3 is 20.5 Å². The molecule has 3 aromatic rings. The Labute approximate surface area is 171 Å². The minimum absolute atomic E-state index is 0.0152. The van der Waals surface area contributed by atoms with Gasteiger partial charge in [-0.1, -0.05) is 0 Å². The average Bonchev–Trinajstić information content (AvgIpc) is 3.14. The normalized spacial score (nSPS) is 10.4. The van der Waals surface area contributed by atoms with Gasteiger partial charge in [0, 0.05) is 43.9 Å². The summed E-state index contributed by atoms with van der Waals surface area (Å²) in [5.74, 6) is 0.408. The molecule has 0 fully saturated rings. The Morgan fingerprint density at radius 2 is 1.93 bits per heavy atom. The molecule has 30 heavy (non-hydrogen) atoms. The molecule has 0 aliphatic heterocycles. The fourth-order valence-corrected chi connectivity index (χ4v) is 2.76. The Morgan fingerprint density at radius 3 is 2.70 bits per heavy atom. The van der Waals surface area contributed by atoms with Crippen LogP contribution in [0.5, 0.6) is 11.5 Å². The number of fused-ring (bicyclic) bond motifs is 1. The van der Waals surface area contributed by atoms with Crippen LogP contribution in [0.1, 0.15) is 12.8 Å². The molecule has 3 rings (SSSR count). The second-order valence-corrected chi connectivity index (χ2v) is 6.32. The number of carbonyl (C=O) groups is 3. The summed E-state index contributed by atoms with van der Waals surface area (Å²) in [7, 11) is 1.57. The van der Waals surface area contributed by atoms with Gasteiger partial charge in [0.15, 0.2) is 0 Å². The van der Waals surface area contributed by atoms with E-state index >= 15 is 0 Å². The molecule has 156 valence electrons. The van der Waals surface area contributed by atoms with E-state index in [4.69, 9.17) is 9.84 Å². The van der Waals surface area contributed by atoms with Gasteiger partial charge in [-0.15, -0.1) is 0 Å². The Bertz CT molecular complexity index is 1080. The van der Waals surface area contributed by atoms with Crippen molar-refractivity contribution in [3.8, 4) is 11.5 Å². The standard InChI is InChI=1S/C20H21N5O5/c1-21-20(29)25-10-7-13-11-14(4-5-16(13)25)30-15-6-9-22-17(12-15)24-19(28)23-8-2-3-18(26)27/h4-7,9-12H,2-3,8H2,1H3,(H,21,29)(H,26,27)(H2,22,23,24,28). The molecule has 0 unspecified atom stereocenters. The lowest BCUT2D eigenvalue weighted by molar-refractivity contribution is -0.137. The number of aliphatic carboxylic acids is 1. The quantitative estimate of drug-likeness (QED) is 0.442. The highest BCUT2D eigenvalue weighted by Crippen LogP contribution is 2.27. The van der Waals surface area contributed by atoms with Crippen LogP contribution >= 0.6 is 0 Å². The summed E-state index contributed by atoms with van der Waals surface area (Å²) < 4.78 is 7.35. The molecule has 4 N–H and O–H groups in total. The maximum Gasteiger partial charge on any atom is 0.325 e. The lowest BCUT2D eigenvalue weighted by Crippen LogP contribution is -2.30. The van der Waals surface area contributed by atoms with Gasteiger partial charge in [-0.25, -0.2) is 14.6 Å². The number of benzene rings is 1. The van der Waals surface area contributed by atoms with Crippen molar-refractivity contribution in [1.29, 1.82) is 0 Å². The van der Waals surface area contributed by atoms with Gasteiger partial charge in [0.1, 0.15) is 17.3 Å². The summed E-state index contributed by atoms with van der Waals surface area (Å²) in [6, 6.07) is 9.64. The molecule has 10 heteroatoms. The fraction of sp³-hybridized carbons (Fsp3) is 0.200. The predicted molar refractivity (Wildman–Crippen MR) is 110 cm³/mol. The smallest absolute Gasteiger partial charge is 0.325 e. The van der Waals surface area contributed by atoms with Crippen molar-refractivity contribution < 1.29 is 24.2 Å². The third kappa shape index (κ3) is 5.25. The maximum absolute atomic E-state index is 11.9. The van der Waals surface area contributed by atoms with Crippen molar-refractivity contribution in [3.63, 3.8) is 0 Å². The molecule has 0 spiro atoms. The summed E-state index contributed by atoms with van der Waals surface area (Å²) in [6.45, 7) is 0.240. The van der Waals surface area contributed by atoms with Crippen LogP contribution in [-0.2, 0) is 4.79 Å². The van der Waals surface area contributed by atoms with E-state index in [0.717, 1.165) is 10.9 Å². The Balaban J connectivity index is 1.63. The van der Waals surface area contributed by atoms with Crippen LogP contribution in [0.2, 0.25) is 0 Å². The molecule has 0 saturated heterocycles. The molecule has 0 saturated carbocycles. The van der Waals surface area contributed by atoms with Gasteiger partial charge in [-0.2, -0.15) is 0 Å². The molecule has 1 aromatic carbocycles. The molecule has 0 atom stereocenters. The molecule has 0 aliphatic rings. The third-order valence-electron chi connectivity index (χ3n) is 4.16. The van der Waals surface area contributed by atoms with Gasteiger partial charge in [0.2, 0.25) is 0 Å². The first-order valence-electron chi connectivity index (χ1n) is 9.20. The van der Waals surface area contributed by atoms with Gasteiger partial charge in [-0.3, -0.25) is 14.7 Å². The van der Waals surface area contributed by atoms with Crippen LogP contribution in [0.3, 0.4) is 0 Å². The molecular formula is C20H21N5O5. The van der Waals surface area contributed by atoms with Gasteiger partial charge in [0.05, 0.1) is 5.52 Å². The van der Waals surface area contributed by atoms with E-state index in [0.29, 0.717) is 17.9 Å². The molecule has 0 radical (unpaired) electrons. The maximum atomic E-state index is 11.9. The van der Waals surface area contributed by atoms with Crippen LogP contribution in [0, 0.1) is 0 Å². The van der Waals surface area contributed by atoms with Crippen molar-refractivity contribution in [2.75, 3.05) is 18.9 Å². The van der Waals surface area contributed by atoms with Crippen LogP contribution < -0.4 is 20.7 Å². The van der Waals surface area contributed by atoms with Crippen LogP contribution in [0.4, 0.5) is 15.4 Å². The van der Waals surface area contributed by atoms with E-state index in [1.807, 2.05) is 6.07 Å². The molecule has 10 nitrogen and oxygen atoms in total. The highest BCUT2D eigenvalue weighted by molar-refractivity contribution is 5.92. The van der Waals surface area contributed by atoms with Crippen molar-refractivity contribution in [1.82, 2.24) is 20.2 Å². The summed E-state index contributed by atoms with van der Waals surface area (Å²) in [4.78, 5) is 38.3. The van der Waals surface area contributed by atoms with E-state index in [1.54, 1.807) is 43.6 Å².